The normalized spacial score (nSPS) is 11.9. The molecule has 0 bridgehead atoms. The molecular formula is C46H7B21O. The Hall–Kier alpha value is -4.82. The van der Waals surface area contributed by atoms with Gasteiger partial charge in [0, 0.05) is 10.8 Å². The van der Waals surface area contributed by atoms with Crippen LogP contribution in [0.2, 0.25) is 0 Å². The Morgan fingerprint density at radius 3 is 0.985 bits per heavy atom. The molecule has 1 aromatic heterocycles. The fourth-order valence-electron chi connectivity index (χ4n) is 9.95. The van der Waals surface area contributed by atoms with Crippen molar-refractivity contribution in [1.82, 2.24) is 0 Å². The van der Waals surface area contributed by atoms with Crippen LogP contribution in [0.5, 0.6) is 0 Å². The summed E-state index contributed by atoms with van der Waals surface area (Å²) < 4.78 is 6.18. The minimum atomic E-state index is -0.140. The zero-order valence-corrected chi connectivity index (χ0v) is 36.1. The maximum Gasteiger partial charge on any atom is 0.127 e. The molecule has 1 nitrogen and oxygen atoms in total. The SMILES string of the molecule is [B]c1c([B])c([B])c2c(oc3c([B])c([B])c(-c4c5c([B])c([B])c([B])c([B])c5c(-c5c([B])c([B])c6c([B])c(-c7ccc8ccccc8c7)c([B])c([B])c6c5[B])c5c([B])c([B])c([B])c([B])c45)c([B])c32)c1[B]. The average molecular weight is 803 g/mol. The van der Waals surface area contributed by atoms with E-state index >= 15 is 0 Å². The Kier molecular flexibility index (Phi) is 11.1. The van der Waals surface area contributed by atoms with Crippen molar-refractivity contribution < 1.29 is 4.42 Å². The lowest BCUT2D eigenvalue weighted by molar-refractivity contribution is 0.675. The van der Waals surface area contributed by atoms with Crippen LogP contribution in [0, 0.1) is 0 Å². The third-order valence-electron chi connectivity index (χ3n) is 13.5. The minimum Gasteiger partial charge on any atom is -0.457 e. The fraction of sp³-hybridized carbons (Fsp3) is 0. The van der Waals surface area contributed by atoms with Gasteiger partial charge in [0.05, 0.1) is 0 Å². The van der Waals surface area contributed by atoms with Crippen molar-refractivity contribution in [3.63, 3.8) is 0 Å². The molecule has 0 atom stereocenters. The van der Waals surface area contributed by atoms with Gasteiger partial charge in [0.2, 0.25) is 0 Å². The number of furan rings is 1. The summed E-state index contributed by atoms with van der Waals surface area (Å²) in [5.74, 6) is 0. The van der Waals surface area contributed by atoms with Crippen LogP contribution in [0.15, 0.2) is 46.9 Å². The van der Waals surface area contributed by atoms with E-state index in [0.29, 0.717) is 11.1 Å². The van der Waals surface area contributed by atoms with E-state index in [0.717, 1.165) is 10.8 Å². The summed E-state index contributed by atoms with van der Waals surface area (Å²) in [5, 5.41) is 2.86. The van der Waals surface area contributed by atoms with Crippen molar-refractivity contribution in [3.05, 3.63) is 42.5 Å². The third-order valence-corrected chi connectivity index (χ3v) is 13.5. The second kappa shape index (κ2) is 16.1. The molecule has 0 aliphatic carbocycles. The third kappa shape index (κ3) is 6.06. The maximum absolute atomic E-state index is 7.30. The zero-order chi connectivity index (χ0) is 49.2. The van der Waals surface area contributed by atoms with Gasteiger partial charge in [-0.2, -0.15) is 0 Å². The summed E-state index contributed by atoms with van der Waals surface area (Å²) in [7, 11) is 144. The van der Waals surface area contributed by atoms with Crippen LogP contribution in [0.3, 0.4) is 0 Å². The van der Waals surface area contributed by atoms with E-state index in [4.69, 9.17) is 169 Å². The lowest BCUT2D eigenvalue weighted by Crippen LogP contribution is -2.51. The number of rotatable bonds is 3. The fourth-order valence-corrected chi connectivity index (χ4v) is 9.95. The first-order chi connectivity index (χ1) is 32.1. The van der Waals surface area contributed by atoms with Crippen molar-refractivity contribution in [2.75, 3.05) is 0 Å². The highest BCUT2D eigenvalue weighted by Gasteiger charge is 2.30. The smallest absolute Gasteiger partial charge is 0.127 e. The van der Waals surface area contributed by atoms with Gasteiger partial charge in [0.25, 0.3) is 0 Å². The Labute approximate surface area is 422 Å². The summed E-state index contributed by atoms with van der Waals surface area (Å²) >= 11 is 0. The molecule has 0 saturated carbocycles. The van der Waals surface area contributed by atoms with E-state index in [2.05, 4.69) is 0 Å². The van der Waals surface area contributed by atoms with Gasteiger partial charge in [-0.05, 0) is 82.5 Å². The van der Waals surface area contributed by atoms with Gasteiger partial charge in [-0.25, -0.2) is 0 Å². The van der Waals surface area contributed by atoms with Gasteiger partial charge in [0.1, 0.15) is 176 Å². The van der Waals surface area contributed by atoms with E-state index in [1.165, 1.54) is 0 Å². The van der Waals surface area contributed by atoms with E-state index in [9.17, 15) is 0 Å². The zero-order valence-electron chi connectivity index (χ0n) is 36.1. The molecule has 42 radical (unpaired) electrons. The van der Waals surface area contributed by atoms with Crippen LogP contribution < -0.4 is 115 Å². The van der Waals surface area contributed by atoms with Gasteiger partial charge < -0.3 is 4.42 Å². The molecule has 68 heavy (non-hydrogen) atoms. The second-order valence-corrected chi connectivity index (χ2v) is 16.9. The minimum absolute atomic E-state index is 0.00645. The van der Waals surface area contributed by atoms with E-state index in [1.807, 2.05) is 42.5 Å². The molecule has 0 aliphatic heterocycles. The van der Waals surface area contributed by atoms with Gasteiger partial charge >= 0.3 is 0 Å². The van der Waals surface area contributed by atoms with Gasteiger partial charge in [-0.3, -0.25) is 0 Å². The monoisotopic (exact) mass is 806 g/mol. The molecule has 10 aromatic rings. The molecule has 0 aliphatic rings. The van der Waals surface area contributed by atoms with Crippen molar-refractivity contribution in [1.29, 1.82) is 0 Å². The number of hydrogen-bond acceptors (Lipinski definition) is 1. The van der Waals surface area contributed by atoms with Crippen LogP contribution in [0.25, 0.3) is 98.4 Å². The first kappa shape index (κ1) is 46.9. The Balaban J connectivity index is 1.44. The summed E-state index contributed by atoms with van der Waals surface area (Å²) in [5.41, 5.74) is -0.126. The summed E-state index contributed by atoms with van der Waals surface area (Å²) in [4.78, 5) is 0. The van der Waals surface area contributed by atoms with Crippen LogP contribution in [-0.4, -0.2) is 165 Å². The second-order valence-electron chi connectivity index (χ2n) is 16.9. The first-order valence-corrected chi connectivity index (χ1v) is 20.5. The lowest BCUT2D eigenvalue weighted by Gasteiger charge is -2.32. The quantitative estimate of drug-likeness (QED) is 0.128. The molecule has 260 valence electrons. The molecule has 1 heterocycles. The number of hydrogen-bond donors (Lipinski definition) is 0. The van der Waals surface area contributed by atoms with Crippen LogP contribution in [-0.2, 0) is 0 Å². The topological polar surface area (TPSA) is 13.1 Å². The number of fused-ring (bicyclic) bond motifs is 7. The Bertz CT molecular complexity index is 3960. The summed E-state index contributed by atoms with van der Waals surface area (Å²) in [6, 6.07) is 13.5. The highest BCUT2D eigenvalue weighted by Crippen LogP contribution is 2.40. The van der Waals surface area contributed by atoms with E-state index in [-0.39, 0.29) is 191 Å². The molecule has 9 aromatic carbocycles. The van der Waals surface area contributed by atoms with Crippen LogP contribution in [0.4, 0.5) is 0 Å². The predicted octanol–water partition coefficient (Wildman–Crippen LogP) is -12.1. The standard InChI is InChI=1S/C46H7B21O/c47-24-11(10-6-5-8-3-1-2-4-9(8)7-10)27(50)33(56)21-20(24)34(57)32(55)18(25(21)48)12-14-16(30(53)39(62)37(60)28(14)51)13(17-15(12)29(52)38(61)40(63)31(17)54)19-26(49)22-23-36(59)41(64)42(65)44(67)46(23)68-45(22)43(66)35(19)58/h1-7H. The number of benzene rings is 9. The summed E-state index contributed by atoms with van der Waals surface area (Å²) in [6.07, 6.45) is 0. The first-order valence-electron chi connectivity index (χ1n) is 20.5. The Morgan fingerprint density at radius 2 is 0.529 bits per heavy atom. The average Bonchev–Trinajstić information content (AvgIpc) is 3.73. The van der Waals surface area contributed by atoms with Crippen molar-refractivity contribution >= 4 is 345 Å². The van der Waals surface area contributed by atoms with E-state index < -0.39 is 0 Å². The molecule has 0 unspecified atom stereocenters. The highest BCUT2D eigenvalue weighted by atomic mass is 16.3. The molecule has 0 fully saturated rings. The molecule has 0 amide bonds. The van der Waals surface area contributed by atoms with E-state index in [1.54, 1.807) is 0 Å². The van der Waals surface area contributed by atoms with Crippen LogP contribution in [0.1, 0.15) is 0 Å². The predicted molar refractivity (Wildman–Crippen MR) is 313 cm³/mol. The molecule has 22 heteroatoms. The largest absolute Gasteiger partial charge is 0.457 e. The molecule has 0 N–H and O–H groups in total. The highest BCUT2D eigenvalue weighted by molar-refractivity contribution is 6.75. The molecule has 0 spiro atoms. The van der Waals surface area contributed by atoms with Gasteiger partial charge in [-0.1, -0.05) is 118 Å². The van der Waals surface area contributed by atoms with Gasteiger partial charge in [-0.15, -0.1) is 32.8 Å². The maximum atomic E-state index is 7.30. The van der Waals surface area contributed by atoms with Gasteiger partial charge in [0.15, 0.2) is 0 Å². The van der Waals surface area contributed by atoms with Crippen molar-refractivity contribution in [2.24, 2.45) is 0 Å². The van der Waals surface area contributed by atoms with Crippen molar-refractivity contribution in [2.45, 2.75) is 0 Å². The molecule has 0 saturated heterocycles. The summed E-state index contributed by atoms with van der Waals surface area (Å²) in [6.45, 7) is 0. The molecular weight excluding hydrogens is 796 g/mol. The molecule has 10 rings (SSSR count). The van der Waals surface area contributed by atoms with Crippen LogP contribution >= 0.6 is 0 Å². The van der Waals surface area contributed by atoms with Crippen molar-refractivity contribution in [3.8, 4) is 33.4 Å². The lowest BCUT2D eigenvalue weighted by atomic mass is 9.56. The Morgan fingerprint density at radius 1 is 0.221 bits per heavy atom.